The highest BCUT2D eigenvalue weighted by Crippen LogP contribution is 2.49. The molecule has 0 saturated carbocycles. The number of carboxylic acids is 1. The topological polar surface area (TPSA) is 89.6 Å². The number of ether oxygens (including phenoxy) is 1. The summed E-state index contributed by atoms with van der Waals surface area (Å²) in [5.74, 6) is -0.444. The molecule has 0 unspecified atom stereocenters. The Morgan fingerprint density at radius 2 is 2.06 bits per heavy atom. The van der Waals surface area contributed by atoms with Gasteiger partial charge in [0.05, 0.1) is 30.7 Å². The predicted molar refractivity (Wildman–Crippen MR) is 125 cm³/mol. The number of benzene rings is 1. The minimum atomic E-state index is -1.21. The molecule has 3 aromatic rings. The average Bonchev–Trinajstić information content (AvgIpc) is 3.33. The van der Waals surface area contributed by atoms with E-state index in [4.69, 9.17) is 4.74 Å². The lowest BCUT2D eigenvalue weighted by molar-refractivity contribution is 0.0694. The fraction of sp³-hybridized carbons (Fsp3) is 0.400. The number of hydrogen-bond donors (Lipinski definition) is 1. The molecule has 1 aromatic carbocycles. The molecule has 0 spiro atoms. The van der Waals surface area contributed by atoms with Crippen molar-refractivity contribution in [1.29, 1.82) is 0 Å². The second-order valence-electron chi connectivity index (χ2n) is 9.54. The molecule has 8 nitrogen and oxygen atoms in total. The Balaban J connectivity index is 1.67. The standard InChI is InChI=1S/C25H28N4O4/c1-25(2)8-7-20-17-9-15(5-6-16-12-26-14-27(16)3)23(33-4)10-18(17)21-11-22(30)19(24(31)32)13-28(21)29(20)25/h9-14,20H,5-8H2,1-4H3,(H,31,32)/t20-/m1/s1. The minimum absolute atomic E-state index is 0.0907. The molecule has 0 aliphatic carbocycles. The summed E-state index contributed by atoms with van der Waals surface area (Å²) in [4.78, 5) is 28.5. The van der Waals surface area contributed by atoms with E-state index < -0.39 is 11.4 Å². The first-order chi connectivity index (χ1) is 15.7. The molecule has 0 amide bonds. The Bertz CT molecular complexity index is 1320. The summed E-state index contributed by atoms with van der Waals surface area (Å²) in [6.45, 7) is 4.32. The molecule has 1 N–H and O–H groups in total. The quantitative estimate of drug-likeness (QED) is 0.644. The lowest BCUT2D eigenvalue weighted by atomic mass is 9.90. The molecule has 0 radical (unpaired) electrons. The fourth-order valence-corrected chi connectivity index (χ4v) is 5.36. The van der Waals surface area contributed by atoms with Crippen molar-refractivity contribution in [3.63, 3.8) is 0 Å². The third-order valence-electron chi connectivity index (χ3n) is 7.09. The number of nitrogens with zero attached hydrogens (tertiary/aromatic N) is 4. The van der Waals surface area contributed by atoms with Crippen molar-refractivity contribution >= 4 is 5.97 Å². The van der Waals surface area contributed by atoms with Gasteiger partial charge < -0.3 is 14.4 Å². The van der Waals surface area contributed by atoms with Crippen LogP contribution < -0.4 is 15.2 Å². The van der Waals surface area contributed by atoms with Crippen LogP contribution in [0, 0.1) is 0 Å². The summed E-state index contributed by atoms with van der Waals surface area (Å²) in [6.07, 6.45) is 8.71. The van der Waals surface area contributed by atoms with Crippen LogP contribution in [0.3, 0.4) is 0 Å². The summed E-state index contributed by atoms with van der Waals surface area (Å²) in [6, 6.07) is 5.75. The van der Waals surface area contributed by atoms with Crippen LogP contribution in [-0.4, -0.2) is 38.0 Å². The molecule has 172 valence electrons. The Hall–Kier alpha value is -3.55. The van der Waals surface area contributed by atoms with Gasteiger partial charge >= 0.3 is 5.97 Å². The van der Waals surface area contributed by atoms with Crippen LogP contribution in [0.2, 0.25) is 0 Å². The lowest BCUT2D eigenvalue weighted by Crippen LogP contribution is -2.50. The van der Waals surface area contributed by atoms with Gasteiger partial charge in [-0.1, -0.05) is 0 Å². The number of methoxy groups -OCH3 is 1. The zero-order valence-electron chi connectivity index (χ0n) is 19.3. The number of aryl methyl sites for hydroxylation is 3. The molecule has 1 atom stereocenters. The van der Waals surface area contributed by atoms with Gasteiger partial charge in [-0.3, -0.25) is 14.5 Å². The zero-order chi connectivity index (χ0) is 23.5. The van der Waals surface area contributed by atoms with Crippen LogP contribution in [0.15, 0.2) is 41.7 Å². The summed E-state index contributed by atoms with van der Waals surface area (Å²) in [7, 11) is 3.65. The Labute approximate surface area is 192 Å². The maximum absolute atomic E-state index is 12.6. The third kappa shape index (κ3) is 3.32. The number of rotatable bonds is 5. The van der Waals surface area contributed by atoms with Crippen LogP contribution in [0.25, 0.3) is 11.3 Å². The van der Waals surface area contributed by atoms with E-state index in [1.165, 1.54) is 12.3 Å². The number of carboxylic acid groups (broad SMARTS) is 1. The molecule has 2 aromatic heterocycles. The Morgan fingerprint density at radius 3 is 2.73 bits per heavy atom. The minimum Gasteiger partial charge on any atom is -0.496 e. The Morgan fingerprint density at radius 1 is 1.27 bits per heavy atom. The van der Waals surface area contributed by atoms with Gasteiger partial charge in [-0.25, -0.2) is 9.78 Å². The van der Waals surface area contributed by atoms with E-state index in [9.17, 15) is 14.7 Å². The number of pyridine rings is 1. The van der Waals surface area contributed by atoms with Crippen LogP contribution in [0.5, 0.6) is 5.75 Å². The van der Waals surface area contributed by atoms with Crippen molar-refractivity contribution < 1.29 is 14.6 Å². The average molecular weight is 449 g/mol. The highest BCUT2D eigenvalue weighted by atomic mass is 16.5. The van der Waals surface area contributed by atoms with E-state index in [1.54, 1.807) is 13.4 Å². The first-order valence-electron chi connectivity index (χ1n) is 11.2. The van der Waals surface area contributed by atoms with Crippen LogP contribution in [-0.2, 0) is 19.9 Å². The van der Waals surface area contributed by atoms with Crippen molar-refractivity contribution in [3.05, 3.63) is 69.5 Å². The summed E-state index contributed by atoms with van der Waals surface area (Å²) < 4.78 is 9.65. The zero-order valence-corrected chi connectivity index (χ0v) is 19.3. The molecule has 2 aliphatic rings. The van der Waals surface area contributed by atoms with Gasteiger partial charge in [0.1, 0.15) is 11.3 Å². The molecule has 0 bridgehead atoms. The van der Waals surface area contributed by atoms with E-state index in [0.29, 0.717) is 5.69 Å². The number of fused-ring (bicyclic) bond motifs is 6. The number of carbonyl (C=O) groups is 1. The molecular formula is C25H28N4O4. The molecule has 1 saturated heterocycles. The van der Waals surface area contributed by atoms with E-state index in [2.05, 4.69) is 29.9 Å². The number of aromatic carboxylic acids is 1. The SMILES string of the molecule is COc1cc2c(cc1CCc1cncn1C)[C@H]1CCC(C)(C)N1n1cc(C(=O)O)c(=O)cc1-2. The van der Waals surface area contributed by atoms with Gasteiger partial charge in [0, 0.05) is 36.8 Å². The number of aromatic nitrogens is 3. The van der Waals surface area contributed by atoms with Crippen molar-refractivity contribution in [2.24, 2.45) is 7.05 Å². The van der Waals surface area contributed by atoms with E-state index in [0.717, 1.165) is 53.8 Å². The van der Waals surface area contributed by atoms with E-state index >= 15 is 0 Å². The van der Waals surface area contributed by atoms with Gasteiger partial charge in [-0.05, 0) is 62.8 Å². The van der Waals surface area contributed by atoms with Crippen molar-refractivity contribution in [1.82, 2.24) is 14.2 Å². The second-order valence-corrected chi connectivity index (χ2v) is 9.54. The van der Waals surface area contributed by atoms with Gasteiger partial charge in [0.15, 0.2) is 5.43 Å². The molecular weight excluding hydrogens is 420 g/mol. The highest BCUT2D eigenvalue weighted by molar-refractivity contribution is 5.88. The predicted octanol–water partition coefficient (Wildman–Crippen LogP) is 3.31. The van der Waals surface area contributed by atoms with Gasteiger partial charge in [-0.15, -0.1) is 0 Å². The van der Waals surface area contributed by atoms with E-state index in [-0.39, 0.29) is 17.1 Å². The highest BCUT2D eigenvalue weighted by Gasteiger charge is 2.45. The van der Waals surface area contributed by atoms with Crippen molar-refractivity contribution in [3.8, 4) is 17.0 Å². The van der Waals surface area contributed by atoms with Crippen LogP contribution in [0.1, 0.15) is 59.9 Å². The first kappa shape index (κ1) is 21.3. The first-order valence-corrected chi connectivity index (χ1v) is 11.2. The van der Waals surface area contributed by atoms with Crippen LogP contribution >= 0.6 is 0 Å². The summed E-state index contributed by atoms with van der Waals surface area (Å²) in [5, 5.41) is 11.8. The molecule has 8 heteroatoms. The third-order valence-corrected chi connectivity index (χ3v) is 7.09. The van der Waals surface area contributed by atoms with Crippen LogP contribution in [0.4, 0.5) is 0 Å². The van der Waals surface area contributed by atoms with Gasteiger partial charge in [0.2, 0.25) is 0 Å². The largest absolute Gasteiger partial charge is 0.496 e. The Kier molecular flexibility index (Phi) is 4.84. The lowest BCUT2D eigenvalue weighted by Gasteiger charge is -2.44. The molecule has 33 heavy (non-hydrogen) atoms. The molecule has 2 aliphatic heterocycles. The molecule has 1 fully saturated rings. The second kappa shape index (κ2) is 7.50. The summed E-state index contributed by atoms with van der Waals surface area (Å²) in [5.41, 5.74) is 4.14. The molecule has 5 rings (SSSR count). The smallest absolute Gasteiger partial charge is 0.341 e. The number of hydrogen-bond acceptors (Lipinski definition) is 5. The maximum Gasteiger partial charge on any atom is 0.341 e. The van der Waals surface area contributed by atoms with Crippen molar-refractivity contribution in [2.75, 3.05) is 12.1 Å². The normalized spacial score (nSPS) is 17.9. The van der Waals surface area contributed by atoms with Crippen molar-refractivity contribution in [2.45, 2.75) is 51.1 Å². The van der Waals surface area contributed by atoms with E-state index in [1.807, 2.05) is 28.6 Å². The fourth-order valence-electron chi connectivity index (χ4n) is 5.36. The number of imidazole rings is 1. The van der Waals surface area contributed by atoms with Gasteiger partial charge in [-0.2, -0.15) is 0 Å². The maximum atomic E-state index is 12.6. The summed E-state index contributed by atoms with van der Waals surface area (Å²) >= 11 is 0. The monoisotopic (exact) mass is 448 g/mol. The molecule has 4 heterocycles. The van der Waals surface area contributed by atoms with Gasteiger partial charge in [0.25, 0.3) is 0 Å².